The third kappa shape index (κ3) is 7.86. The number of pyridine rings is 2. The summed E-state index contributed by atoms with van der Waals surface area (Å²) in [6, 6.07) is 7.10. The number of piperazine rings is 1. The van der Waals surface area contributed by atoms with Crippen molar-refractivity contribution in [1.29, 1.82) is 0 Å². The van der Waals surface area contributed by atoms with E-state index in [0.29, 0.717) is 48.2 Å². The van der Waals surface area contributed by atoms with E-state index in [0.717, 1.165) is 10.2 Å². The second kappa shape index (κ2) is 11.8. The molecule has 32 heavy (non-hydrogen) atoms. The predicted molar refractivity (Wildman–Crippen MR) is 129 cm³/mol. The highest BCUT2D eigenvalue weighted by Crippen LogP contribution is 2.29. The summed E-state index contributed by atoms with van der Waals surface area (Å²) in [5.74, 6) is 1.01. The molecule has 0 aliphatic carbocycles. The highest BCUT2D eigenvalue weighted by atomic mass is 79.9. The maximum atomic E-state index is 12.1. The summed E-state index contributed by atoms with van der Waals surface area (Å²) in [6.45, 7) is 8.18. The molecule has 3 heterocycles. The molecular weight excluding hydrogens is 523 g/mol. The van der Waals surface area contributed by atoms with Crippen LogP contribution < -0.4 is 14.4 Å². The minimum absolute atomic E-state index is 0.270. The lowest BCUT2D eigenvalue weighted by Crippen LogP contribution is -2.50. The molecule has 1 aliphatic rings. The van der Waals surface area contributed by atoms with Gasteiger partial charge in [0, 0.05) is 26.2 Å². The van der Waals surface area contributed by atoms with Gasteiger partial charge in [-0.2, -0.15) is 4.98 Å². The zero-order chi connectivity index (χ0) is 23.9. The Labute approximate surface area is 206 Å². The average Bonchev–Trinajstić information content (AvgIpc) is 2.74. The molecule has 0 bridgehead atoms. The number of ether oxygens (including phenoxy) is 3. The number of methoxy groups -OCH3 is 2. The summed E-state index contributed by atoms with van der Waals surface area (Å²) in [4.78, 5) is 24.0. The number of hydrogen-bond acceptors (Lipinski definition) is 7. The van der Waals surface area contributed by atoms with Crippen molar-refractivity contribution in [1.82, 2.24) is 14.9 Å². The van der Waals surface area contributed by atoms with Gasteiger partial charge >= 0.3 is 6.09 Å². The average molecular weight is 550 g/mol. The van der Waals surface area contributed by atoms with E-state index in [1.54, 1.807) is 37.3 Å². The Balaban J connectivity index is 0.000000303. The lowest BCUT2D eigenvalue weighted by atomic mass is 10.2. The highest BCUT2D eigenvalue weighted by Gasteiger charge is 2.27. The summed E-state index contributed by atoms with van der Waals surface area (Å²) in [6.07, 6.45) is -0.270. The molecule has 1 amide bonds. The number of carbonyl (C=O) groups is 1. The van der Waals surface area contributed by atoms with Crippen LogP contribution in [-0.2, 0) is 4.74 Å². The zero-order valence-electron chi connectivity index (χ0n) is 18.7. The summed E-state index contributed by atoms with van der Waals surface area (Å²) in [5, 5.41) is 0.827. The molecule has 2 aromatic rings. The first kappa shape index (κ1) is 26.3. The van der Waals surface area contributed by atoms with Crippen LogP contribution in [-0.4, -0.2) is 67.0 Å². The van der Waals surface area contributed by atoms with Crippen molar-refractivity contribution < 1.29 is 19.0 Å². The first-order valence-corrected chi connectivity index (χ1v) is 11.4. The fraction of sp³-hybridized carbons (Fsp3) is 0.476. The van der Waals surface area contributed by atoms with Crippen molar-refractivity contribution in [3.8, 4) is 11.8 Å². The van der Waals surface area contributed by atoms with Crippen LogP contribution in [0.4, 0.5) is 10.5 Å². The highest BCUT2D eigenvalue weighted by molar-refractivity contribution is 9.10. The second-order valence-corrected chi connectivity index (χ2v) is 9.37. The Hall–Kier alpha value is -1.97. The molecule has 11 heteroatoms. The molecular formula is C21H27BrCl2N4O4. The van der Waals surface area contributed by atoms with Gasteiger partial charge in [0.15, 0.2) is 0 Å². The second-order valence-electron chi connectivity index (χ2n) is 7.74. The van der Waals surface area contributed by atoms with Gasteiger partial charge in [0.05, 0.1) is 18.7 Å². The molecule has 0 aromatic carbocycles. The molecule has 8 nitrogen and oxygen atoms in total. The van der Waals surface area contributed by atoms with Gasteiger partial charge < -0.3 is 24.0 Å². The van der Waals surface area contributed by atoms with Gasteiger partial charge in [0.25, 0.3) is 0 Å². The third-order valence-corrected chi connectivity index (χ3v) is 5.27. The lowest BCUT2D eigenvalue weighted by molar-refractivity contribution is 0.0240. The Kier molecular flexibility index (Phi) is 9.66. The van der Waals surface area contributed by atoms with Gasteiger partial charge in [-0.1, -0.05) is 23.2 Å². The van der Waals surface area contributed by atoms with Crippen molar-refractivity contribution in [3.05, 3.63) is 39.0 Å². The van der Waals surface area contributed by atoms with Crippen LogP contribution >= 0.6 is 39.1 Å². The number of hydrogen-bond donors (Lipinski definition) is 0. The Morgan fingerprint density at radius 1 is 0.938 bits per heavy atom. The molecule has 0 unspecified atom stereocenters. The molecule has 0 spiro atoms. The van der Waals surface area contributed by atoms with E-state index >= 15 is 0 Å². The minimum Gasteiger partial charge on any atom is -0.480 e. The van der Waals surface area contributed by atoms with E-state index in [4.69, 9.17) is 37.4 Å². The van der Waals surface area contributed by atoms with Gasteiger partial charge in [-0.05, 0) is 61.0 Å². The number of carbonyl (C=O) groups excluding carboxylic acids is 1. The van der Waals surface area contributed by atoms with Crippen LogP contribution in [0.2, 0.25) is 10.3 Å². The van der Waals surface area contributed by atoms with Gasteiger partial charge in [-0.15, -0.1) is 0 Å². The summed E-state index contributed by atoms with van der Waals surface area (Å²) in [7, 11) is 3.11. The summed E-state index contributed by atoms with van der Waals surface area (Å²) >= 11 is 14.7. The molecule has 0 N–H and O–H groups in total. The number of halogens is 3. The number of rotatable bonds is 3. The third-order valence-electron chi connectivity index (χ3n) is 4.24. The van der Waals surface area contributed by atoms with Crippen LogP contribution in [0.5, 0.6) is 11.8 Å². The van der Waals surface area contributed by atoms with E-state index in [2.05, 4.69) is 30.8 Å². The number of amides is 1. The Morgan fingerprint density at radius 3 is 1.97 bits per heavy atom. The predicted octanol–water partition coefficient (Wildman–Crippen LogP) is 5.31. The molecule has 1 aliphatic heterocycles. The Morgan fingerprint density at radius 2 is 1.47 bits per heavy atom. The standard InChI is InChI=1S/C15H22ClN3O3.C6H5BrClNO/c1-15(2,3)22-14(20)19-9-7-18(8-10-19)11-5-6-12(16)17-13(11)21-4;1-10-6-4(7)2-3-5(8)9-6/h5-6H,7-10H2,1-4H3;2-3H,1H3. The zero-order valence-corrected chi connectivity index (χ0v) is 21.8. The smallest absolute Gasteiger partial charge is 0.410 e. The van der Waals surface area contributed by atoms with E-state index in [-0.39, 0.29) is 6.09 Å². The normalized spacial score (nSPS) is 13.8. The van der Waals surface area contributed by atoms with Crippen molar-refractivity contribution in [3.63, 3.8) is 0 Å². The van der Waals surface area contributed by atoms with Crippen LogP contribution in [0.25, 0.3) is 0 Å². The molecule has 2 aromatic heterocycles. The van der Waals surface area contributed by atoms with Crippen molar-refractivity contribution >= 4 is 50.9 Å². The van der Waals surface area contributed by atoms with Crippen LogP contribution in [0.15, 0.2) is 28.7 Å². The van der Waals surface area contributed by atoms with E-state index in [9.17, 15) is 4.79 Å². The lowest BCUT2D eigenvalue weighted by Gasteiger charge is -2.36. The van der Waals surface area contributed by atoms with Crippen molar-refractivity contribution in [2.45, 2.75) is 26.4 Å². The number of aromatic nitrogens is 2. The first-order chi connectivity index (χ1) is 15.0. The molecule has 0 saturated carbocycles. The molecule has 0 atom stereocenters. The van der Waals surface area contributed by atoms with E-state index in [1.165, 1.54) is 0 Å². The summed E-state index contributed by atoms with van der Waals surface area (Å²) in [5.41, 5.74) is 0.410. The molecule has 176 valence electrons. The van der Waals surface area contributed by atoms with Gasteiger partial charge in [-0.3, -0.25) is 0 Å². The maximum Gasteiger partial charge on any atom is 0.410 e. The fourth-order valence-corrected chi connectivity index (χ4v) is 3.46. The van der Waals surface area contributed by atoms with E-state index in [1.807, 2.05) is 26.8 Å². The maximum absolute atomic E-state index is 12.1. The first-order valence-electron chi connectivity index (χ1n) is 9.83. The van der Waals surface area contributed by atoms with Gasteiger partial charge in [0.2, 0.25) is 11.8 Å². The Bertz CT molecular complexity index is 919. The number of nitrogens with zero attached hydrogens (tertiary/aromatic N) is 4. The number of anilines is 1. The van der Waals surface area contributed by atoms with E-state index < -0.39 is 5.60 Å². The fourth-order valence-electron chi connectivity index (χ4n) is 2.80. The van der Waals surface area contributed by atoms with Gasteiger partial charge in [-0.25, -0.2) is 9.78 Å². The minimum atomic E-state index is -0.475. The molecule has 0 radical (unpaired) electrons. The SMILES string of the molecule is COc1nc(Cl)ccc1Br.COc1nc(Cl)ccc1N1CCN(C(=O)OC(C)(C)C)CC1. The molecule has 1 fully saturated rings. The van der Waals surface area contributed by atoms with Crippen LogP contribution in [0.3, 0.4) is 0 Å². The van der Waals surface area contributed by atoms with Crippen molar-refractivity contribution in [2.24, 2.45) is 0 Å². The largest absolute Gasteiger partial charge is 0.480 e. The van der Waals surface area contributed by atoms with Crippen LogP contribution in [0.1, 0.15) is 20.8 Å². The molecule has 3 rings (SSSR count). The van der Waals surface area contributed by atoms with Gasteiger partial charge in [0.1, 0.15) is 21.6 Å². The van der Waals surface area contributed by atoms with Crippen molar-refractivity contribution in [2.75, 3.05) is 45.3 Å². The molecule has 1 saturated heterocycles. The topological polar surface area (TPSA) is 77.0 Å². The quantitative estimate of drug-likeness (QED) is 0.480. The summed E-state index contributed by atoms with van der Waals surface area (Å²) < 4.78 is 16.4. The monoisotopic (exact) mass is 548 g/mol. The van der Waals surface area contributed by atoms with Crippen LogP contribution in [0, 0.1) is 0 Å².